The molecule has 0 spiro atoms. The van der Waals surface area contributed by atoms with Gasteiger partial charge in [-0.1, -0.05) is 65.6 Å². The summed E-state index contributed by atoms with van der Waals surface area (Å²) in [6.07, 6.45) is 0. The maximum Gasteiger partial charge on any atom is 0.240 e. The van der Waals surface area contributed by atoms with E-state index < -0.39 is 0 Å². The monoisotopic (exact) mass is 456 g/mol. The van der Waals surface area contributed by atoms with E-state index in [1.54, 1.807) is 7.11 Å². The number of nitrogens with one attached hydrogen (secondary N) is 1. The van der Waals surface area contributed by atoms with Gasteiger partial charge in [0.05, 0.1) is 20.3 Å². The normalized spacial score (nSPS) is 14.8. The number of aromatic nitrogens is 2. The molecule has 1 N–H and O–H groups in total. The van der Waals surface area contributed by atoms with Crippen molar-refractivity contribution in [2.75, 3.05) is 38.7 Å². The molecule has 1 fully saturated rings. The van der Waals surface area contributed by atoms with Crippen molar-refractivity contribution in [3.8, 4) is 5.75 Å². The van der Waals surface area contributed by atoms with Crippen molar-refractivity contribution in [3.63, 3.8) is 0 Å². The zero-order chi connectivity index (χ0) is 21.5. The van der Waals surface area contributed by atoms with E-state index in [1.165, 1.54) is 23.1 Å². The van der Waals surface area contributed by atoms with Crippen LogP contribution in [0.25, 0.3) is 0 Å². The van der Waals surface area contributed by atoms with Gasteiger partial charge in [-0.05, 0) is 23.3 Å². The fourth-order valence-electron chi connectivity index (χ4n) is 3.19. The highest BCUT2D eigenvalue weighted by molar-refractivity contribution is 8.01. The van der Waals surface area contributed by atoms with Crippen LogP contribution < -0.4 is 10.1 Å². The van der Waals surface area contributed by atoms with E-state index in [9.17, 15) is 4.79 Å². The molecule has 0 unspecified atom stereocenters. The van der Waals surface area contributed by atoms with Crippen LogP contribution in [-0.4, -0.2) is 54.4 Å². The number of methoxy groups -OCH3 is 1. The quantitative estimate of drug-likeness (QED) is 0.516. The number of carbonyl (C=O) groups is 1. The standard InChI is InChI=1S/C22H24N4O3S2/c1-28-18-9-7-16(8-10-18)15-23-21-24-25-22(31-21)30-19(17-5-3-2-4-6-17)20(27)26-11-13-29-14-12-26/h2-10,19H,11-15H2,1H3,(H,23,24)/t19-/m0/s1. The number of morpholine rings is 1. The van der Waals surface area contributed by atoms with Crippen molar-refractivity contribution in [1.29, 1.82) is 0 Å². The Hall–Kier alpha value is -2.62. The molecule has 7 nitrogen and oxygen atoms in total. The van der Waals surface area contributed by atoms with Gasteiger partial charge < -0.3 is 19.7 Å². The van der Waals surface area contributed by atoms with Crippen molar-refractivity contribution >= 4 is 34.1 Å². The van der Waals surface area contributed by atoms with Crippen LogP contribution in [0, 0.1) is 0 Å². The third-order valence-corrected chi connectivity index (χ3v) is 7.08. The van der Waals surface area contributed by atoms with Gasteiger partial charge in [0.2, 0.25) is 11.0 Å². The fourth-order valence-corrected chi connectivity index (χ4v) is 5.21. The lowest BCUT2D eigenvalue weighted by molar-refractivity contribution is -0.134. The summed E-state index contributed by atoms with van der Waals surface area (Å²) in [5.41, 5.74) is 2.08. The maximum atomic E-state index is 13.3. The van der Waals surface area contributed by atoms with Crippen LogP contribution >= 0.6 is 23.1 Å². The number of ether oxygens (including phenoxy) is 2. The molecule has 1 amide bonds. The van der Waals surface area contributed by atoms with Gasteiger partial charge in [0, 0.05) is 19.6 Å². The lowest BCUT2D eigenvalue weighted by Crippen LogP contribution is -2.42. The van der Waals surface area contributed by atoms with Crippen LogP contribution in [0.15, 0.2) is 58.9 Å². The van der Waals surface area contributed by atoms with Crippen LogP contribution in [0.2, 0.25) is 0 Å². The van der Waals surface area contributed by atoms with Gasteiger partial charge in [-0.15, -0.1) is 10.2 Å². The first-order valence-electron chi connectivity index (χ1n) is 10.0. The van der Waals surface area contributed by atoms with E-state index in [-0.39, 0.29) is 11.2 Å². The number of carbonyl (C=O) groups excluding carboxylic acids is 1. The Morgan fingerprint density at radius 1 is 1.16 bits per heavy atom. The topological polar surface area (TPSA) is 76.6 Å². The van der Waals surface area contributed by atoms with Gasteiger partial charge in [-0.2, -0.15) is 0 Å². The van der Waals surface area contributed by atoms with Gasteiger partial charge in [-0.25, -0.2) is 0 Å². The van der Waals surface area contributed by atoms with Crippen LogP contribution in [0.3, 0.4) is 0 Å². The number of rotatable bonds is 8. The number of benzene rings is 2. The third kappa shape index (κ3) is 5.75. The second kappa shape index (κ2) is 10.6. The van der Waals surface area contributed by atoms with Crippen molar-refractivity contribution in [3.05, 3.63) is 65.7 Å². The number of hydrogen-bond acceptors (Lipinski definition) is 8. The molecule has 4 rings (SSSR count). The molecule has 1 aliphatic rings. The van der Waals surface area contributed by atoms with Gasteiger partial charge in [0.15, 0.2) is 4.34 Å². The molecule has 1 atom stereocenters. The molecule has 3 aromatic rings. The summed E-state index contributed by atoms with van der Waals surface area (Å²) in [6.45, 7) is 3.03. The Balaban J connectivity index is 1.43. The molecule has 162 valence electrons. The average Bonchev–Trinajstić information content (AvgIpc) is 3.30. The molecule has 0 aliphatic carbocycles. The molecule has 9 heteroatoms. The van der Waals surface area contributed by atoms with Gasteiger partial charge in [0.1, 0.15) is 11.0 Å². The molecule has 31 heavy (non-hydrogen) atoms. The van der Waals surface area contributed by atoms with E-state index in [4.69, 9.17) is 9.47 Å². The lowest BCUT2D eigenvalue weighted by atomic mass is 10.1. The fraction of sp³-hybridized carbons (Fsp3) is 0.318. The van der Waals surface area contributed by atoms with E-state index in [1.807, 2.05) is 59.5 Å². The SMILES string of the molecule is COc1ccc(CNc2nnc(S[C@H](C(=O)N3CCOCC3)c3ccccc3)s2)cc1. The molecule has 2 aromatic carbocycles. The first-order valence-corrected chi connectivity index (χ1v) is 11.7. The second-order valence-electron chi connectivity index (χ2n) is 6.92. The average molecular weight is 457 g/mol. The minimum absolute atomic E-state index is 0.0856. The first kappa shape index (κ1) is 21.6. The van der Waals surface area contributed by atoms with E-state index >= 15 is 0 Å². The minimum atomic E-state index is -0.360. The van der Waals surface area contributed by atoms with E-state index in [0.29, 0.717) is 32.8 Å². The van der Waals surface area contributed by atoms with Crippen LogP contribution in [-0.2, 0) is 16.1 Å². The zero-order valence-electron chi connectivity index (χ0n) is 17.2. The number of anilines is 1. The second-order valence-corrected chi connectivity index (χ2v) is 9.25. The maximum absolute atomic E-state index is 13.3. The Morgan fingerprint density at radius 3 is 2.61 bits per heavy atom. The molecule has 1 saturated heterocycles. The number of nitrogens with zero attached hydrogens (tertiary/aromatic N) is 3. The van der Waals surface area contributed by atoms with E-state index in [2.05, 4.69) is 15.5 Å². The molecule has 0 radical (unpaired) electrons. The summed E-state index contributed by atoms with van der Waals surface area (Å²) >= 11 is 2.90. The van der Waals surface area contributed by atoms with Gasteiger partial charge in [0.25, 0.3) is 0 Å². The smallest absolute Gasteiger partial charge is 0.240 e. The lowest BCUT2D eigenvalue weighted by Gasteiger charge is -2.30. The van der Waals surface area contributed by atoms with Gasteiger partial charge >= 0.3 is 0 Å². The number of thioether (sulfide) groups is 1. The van der Waals surface area contributed by atoms with Crippen LogP contribution in [0.5, 0.6) is 5.75 Å². The van der Waals surface area contributed by atoms with Crippen molar-refractivity contribution < 1.29 is 14.3 Å². The molecule has 1 aromatic heterocycles. The Kier molecular flexibility index (Phi) is 7.39. The molecule has 0 saturated carbocycles. The Bertz CT molecular complexity index is 976. The Labute approximate surface area is 189 Å². The highest BCUT2D eigenvalue weighted by Gasteiger charge is 2.29. The zero-order valence-corrected chi connectivity index (χ0v) is 18.8. The predicted molar refractivity (Wildman–Crippen MR) is 123 cm³/mol. The minimum Gasteiger partial charge on any atom is -0.497 e. The summed E-state index contributed by atoms with van der Waals surface area (Å²) in [5, 5.41) is 12.2. The van der Waals surface area contributed by atoms with Crippen molar-refractivity contribution in [2.45, 2.75) is 16.1 Å². The van der Waals surface area contributed by atoms with Crippen molar-refractivity contribution in [1.82, 2.24) is 15.1 Å². The predicted octanol–water partition coefficient (Wildman–Crippen LogP) is 3.85. The number of hydrogen-bond donors (Lipinski definition) is 1. The highest BCUT2D eigenvalue weighted by atomic mass is 32.2. The van der Waals surface area contributed by atoms with Gasteiger partial charge in [-0.3, -0.25) is 4.79 Å². The van der Waals surface area contributed by atoms with Crippen LogP contribution in [0.1, 0.15) is 16.4 Å². The largest absolute Gasteiger partial charge is 0.497 e. The summed E-state index contributed by atoms with van der Waals surface area (Å²) in [4.78, 5) is 15.1. The van der Waals surface area contributed by atoms with Crippen LogP contribution in [0.4, 0.5) is 5.13 Å². The summed E-state index contributed by atoms with van der Waals surface area (Å²) in [6, 6.07) is 17.7. The number of amides is 1. The highest BCUT2D eigenvalue weighted by Crippen LogP contribution is 2.39. The summed E-state index contributed by atoms with van der Waals surface area (Å²) in [7, 11) is 1.65. The molecular formula is C22H24N4O3S2. The van der Waals surface area contributed by atoms with Crippen molar-refractivity contribution in [2.24, 2.45) is 0 Å². The van der Waals surface area contributed by atoms with E-state index in [0.717, 1.165) is 26.3 Å². The molecule has 1 aliphatic heterocycles. The first-order chi connectivity index (χ1) is 15.2. The molecule has 0 bridgehead atoms. The Morgan fingerprint density at radius 2 is 1.90 bits per heavy atom. The molecule has 2 heterocycles. The summed E-state index contributed by atoms with van der Waals surface area (Å²) < 4.78 is 11.3. The third-order valence-electron chi connectivity index (χ3n) is 4.88. The summed E-state index contributed by atoms with van der Waals surface area (Å²) in [5.74, 6) is 0.915. The molecular weight excluding hydrogens is 432 g/mol.